The van der Waals surface area contributed by atoms with Crippen molar-refractivity contribution in [2.45, 2.75) is 33.3 Å². The van der Waals surface area contributed by atoms with Gasteiger partial charge in [0.1, 0.15) is 5.60 Å². The first-order valence-electron chi connectivity index (χ1n) is 4.65. The largest absolute Gasteiger partial charge is 0.444 e. The van der Waals surface area contributed by atoms with E-state index in [1.54, 1.807) is 0 Å². The van der Waals surface area contributed by atoms with Crippen molar-refractivity contribution in [1.82, 2.24) is 10.6 Å². The van der Waals surface area contributed by atoms with Gasteiger partial charge in [0.2, 0.25) is 0 Å². The van der Waals surface area contributed by atoms with Gasteiger partial charge < -0.3 is 15.4 Å². The molecule has 0 saturated heterocycles. The number of carbonyl (C=O) groups is 1. The Morgan fingerprint density at radius 3 is 2.43 bits per heavy atom. The van der Waals surface area contributed by atoms with Gasteiger partial charge in [-0.2, -0.15) is 0 Å². The Labute approximate surface area is 85.7 Å². The number of carbonyl (C=O) groups excluding carboxylic acids is 1. The monoisotopic (exact) mass is 200 g/mol. The minimum atomic E-state index is -0.440. The molecule has 0 aliphatic heterocycles. The second kappa shape index (κ2) is 5.52. The smallest absolute Gasteiger partial charge is 0.407 e. The van der Waals surface area contributed by atoms with E-state index in [4.69, 9.17) is 4.74 Å². The SMILES string of the molecule is CN/C=C(\C)CNC(=O)OC(C)(C)C. The van der Waals surface area contributed by atoms with Gasteiger partial charge in [-0.1, -0.05) is 0 Å². The minimum Gasteiger partial charge on any atom is -0.444 e. The Morgan fingerprint density at radius 1 is 1.43 bits per heavy atom. The first-order chi connectivity index (χ1) is 6.35. The summed E-state index contributed by atoms with van der Waals surface area (Å²) in [4.78, 5) is 11.2. The van der Waals surface area contributed by atoms with Crippen molar-refractivity contribution in [1.29, 1.82) is 0 Å². The van der Waals surface area contributed by atoms with Crippen molar-refractivity contribution in [3.63, 3.8) is 0 Å². The lowest BCUT2D eigenvalue weighted by Gasteiger charge is -2.19. The summed E-state index contributed by atoms with van der Waals surface area (Å²) in [5, 5.41) is 5.54. The highest BCUT2D eigenvalue weighted by molar-refractivity contribution is 5.67. The third-order valence-corrected chi connectivity index (χ3v) is 1.30. The molecule has 0 aliphatic rings. The van der Waals surface area contributed by atoms with Crippen LogP contribution in [0.15, 0.2) is 11.8 Å². The molecule has 0 heterocycles. The number of amides is 1. The van der Waals surface area contributed by atoms with Gasteiger partial charge in [0.15, 0.2) is 0 Å². The molecule has 0 fully saturated rings. The summed E-state index contributed by atoms with van der Waals surface area (Å²) in [6.45, 7) is 7.93. The molecule has 2 N–H and O–H groups in total. The maximum absolute atomic E-state index is 11.2. The van der Waals surface area contributed by atoms with Crippen LogP contribution in [0.5, 0.6) is 0 Å². The zero-order chi connectivity index (χ0) is 11.2. The second-order valence-electron chi connectivity index (χ2n) is 4.13. The van der Waals surface area contributed by atoms with Gasteiger partial charge in [0.25, 0.3) is 0 Å². The number of ether oxygens (including phenoxy) is 1. The normalized spacial score (nSPS) is 12.2. The summed E-state index contributed by atoms with van der Waals surface area (Å²) in [6, 6.07) is 0. The van der Waals surface area contributed by atoms with Crippen molar-refractivity contribution in [3.8, 4) is 0 Å². The number of hydrogen-bond donors (Lipinski definition) is 2. The van der Waals surface area contributed by atoms with Crippen LogP contribution in [0.1, 0.15) is 27.7 Å². The van der Waals surface area contributed by atoms with Crippen LogP contribution in [-0.4, -0.2) is 25.3 Å². The molecule has 0 radical (unpaired) electrons. The van der Waals surface area contributed by atoms with E-state index in [1.807, 2.05) is 40.9 Å². The molecule has 1 amide bonds. The van der Waals surface area contributed by atoms with Gasteiger partial charge in [0.05, 0.1) is 0 Å². The van der Waals surface area contributed by atoms with E-state index in [1.165, 1.54) is 0 Å². The zero-order valence-corrected chi connectivity index (χ0v) is 9.60. The van der Waals surface area contributed by atoms with Crippen molar-refractivity contribution in [3.05, 3.63) is 11.8 Å². The van der Waals surface area contributed by atoms with Crippen molar-refractivity contribution < 1.29 is 9.53 Å². The number of alkyl carbamates (subject to hydrolysis) is 1. The highest BCUT2D eigenvalue weighted by atomic mass is 16.6. The van der Waals surface area contributed by atoms with Crippen LogP contribution in [0.4, 0.5) is 4.79 Å². The van der Waals surface area contributed by atoms with Crippen molar-refractivity contribution in [2.24, 2.45) is 0 Å². The van der Waals surface area contributed by atoms with Crippen LogP contribution in [-0.2, 0) is 4.74 Å². The van der Waals surface area contributed by atoms with Crippen LogP contribution in [0.2, 0.25) is 0 Å². The first-order valence-corrected chi connectivity index (χ1v) is 4.65. The molecule has 0 saturated carbocycles. The zero-order valence-electron chi connectivity index (χ0n) is 9.60. The van der Waals surface area contributed by atoms with Crippen molar-refractivity contribution in [2.75, 3.05) is 13.6 Å². The molecule has 0 spiro atoms. The van der Waals surface area contributed by atoms with Gasteiger partial charge in [-0.15, -0.1) is 0 Å². The van der Waals surface area contributed by atoms with E-state index < -0.39 is 5.60 Å². The molecule has 0 aromatic heterocycles. The minimum absolute atomic E-state index is 0.388. The molecule has 0 aliphatic carbocycles. The second-order valence-corrected chi connectivity index (χ2v) is 4.13. The highest BCUT2D eigenvalue weighted by Crippen LogP contribution is 2.06. The van der Waals surface area contributed by atoms with E-state index >= 15 is 0 Å². The Morgan fingerprint density at radius 2 is 2.00 bits per heavy atom. The highest BCUT2D eigenvalue weighted by Gasteiger charge is 2.15. The van der Waals surface area contributed by atoms with Gasteiger partial charge in [-0.25, -0.2) is 4.79 Å². The standard InChI is InChI=1S/C10H20N2O2/c1-8(6-11-5)7-12-9(13)14-10(2,3)4/h6,11H,7H2,1-5H3,(H,12,13)/b8-6+. The Balaban J connectivity index is 3.81. The third-order valence-electron chi connectivity index (χ3n) is 1.30. The molecule has 0 bridgehead atoms. The van der Waals surface area contributed by atoms with Crippen LogP contribution in [0.25, 0.3) is 0 Å². The Bertz CT molecular complexity index is 217. The van der Waals surface area contributed by atoms with Crippen LogP contribution >= 0.6 is 0 Å². The lowest BCUT2D eigenvalue weighted by molar-refractivity contribution is 0.0532. The van der Waals surface area contributed by atoms with E-state index in [9.17, 15) is 4.79 Å². The molecule has 0 aromatic rings. The summed E-state index contributed by atoms with van der Waals surface area (Å²) in [5.41, 5.74) is 0.600. The molecule has 4 heteroatoms. The van der Waals surface area contributed by atoms with Gasteiger partial charge >= 0.3 is 6.09 Å². The number of rotatable bonds is 3. The predicted molar refractivity (Wildman–Crippen MR) is 57.1 cm³/mol. The summed E-state index contributed by atoms with van der Waals surface area (Å²) in [5.74, 6) is 0. The maximum Gasteiger partial charge on any atom is 0.407 e. The summed E-state index contributed by atoms with van der Waals surface area (Å²) >= 11 is 0. The fourth-order valence-corrected chi connectivity index (χ4v) is 0.823. The van der Waals surface area contributed by atoms with Crippen LogP contribution in [0, 0.1) is 0 Å². The quantitative estimate of drug-likeness (QED) is 0.728. The summed E-state index contributed by atoms with van der Waals surface area (Å²) in [6.07, 6.45) is 1.44. The molecule has 82 valence electrons. The predicted octanol–water partition coefficient (Wildman–Crippen LogP) is 1.63. The first kappa shape index (κ1) is 12.8. The van der Waals surface area contributed by atoms with E-state index in [2.05, 4.69) is 10.6 Å². The van der Waals surface area contributed by atoms with Gasteiger partial charge in [-0.3, -0.25) is 0 Å². The molecule has 14 heavy (non-hydrogen) atoms. The summed E-state index contributed by atoms with van der Waals surface area (Å²) < 4.78 is 5.07. The van der Waals surface area contributed by atoms with Crippen LogP contribution in [0.3, 0.4) is 0 Å². The molecular weight excluding hydrogens is 180 g/mol. The topological polar surface area (TPSA) is 50.4 Å². The molecule has 0 atom stereocenters. The van der Waals surface area contributed by atoms with Crippen LogP contribution < -0.4 is 10.6 Å². The maximum atomic E-state index is 11.2. The van der Waals surface area contributed by atoms with Gasteiger partial charge in [-0.05, 0) is 39.5 Å². The van der Waals surface area contributed by atoms with E-state index in [-0.39, 0.29) is 6.09 Å². The average molecular weight is 200 g/mol. The Kier molecular flexibility index (Phi) is 5.05. The molecule has 0 unspecified atom stereocenters. The average Bonchev–Trinajstić information content (AvgIpc) is 1.98. The molecule has 0 aromatic carbocycles. The fraction of sp³-hybridized carbons (Fsp3) is 0.700. The molecule has 4 nitrogen and oxygen atoms in total. The molecular formula is C10H20N2O2. The van der Waals surface area contributed by atoms with Gasteiger partial charge in [0, 0.05) is 13.6 Å². The lowest BCUT2D eigenvalue weighted by Crippen LogP contribution is -2.33. The molecule has 0 rings (SSSR count). The number of nitrogens with one attached hydrogen (secondary N) is 2. The van der Waals surface area contributed by atoms with E-state index in [0.29, 0.717) is 6.54 Å². The fourth-order valence-electron chi connectivity index (χ4n) is 0.823. The summed E-state index contributed by atoms with van der Waals surface area (Å²) in [7, 11) is 1.82. The van der Waals surface area contributed by atoms with E-state index in [0.717, 1.165) is 5.57 Å². The van der Waals surface area contributed by atoms with Crippen molar-refractivity contribution >= 4 is 6.09 Å². The lowest BCUT2D eigenvalue weighted by atomic mass is 10.2. The third kappa shape index (κ3) is 7.46. The number of hydrogen-bond acceptors (Lipinski definition) is 3. The Hall–Kier alpha value is -1.19.